The molecule has 2 aliphatic heterocycles. The van der Waals surface area contributed by atoms with Crippen LogP contribution in [0, 0.1) is 0 Å². The molecule has 2 fully saturated rings. The van der Waals surface area contributed by atoms with Crippen molar-refractivity contribution >= 4 is 29.4 Å². The van der Waals surface area contributed by atoms with Gasteiger partial charge in [0.25, 0.3) is 5.91 Å². The molecule has 0 N–H and O–H groups in total. The molecule has 2 aromatic carbocycles. The molecular weight excluding hydrogens is 412 g/mol. The van der Waals surface area contributed by atoms with E-state index < -0.39 is 0 Å². The Hall–Kier alpha value is -1.63. The van der Waals surface area contributed by atoms with E-state index >= 15 is 0 Å². The van der Waals surface area contributed by atoms with Crippen LogP contribution in [0.25, 0.3) is 0 Å². The lowest BCUT2D eigenvalue weighted by Crippen LogP contribution is -2.35. The number of carbonyl (C=O) groups is 1. The molecule has 0 spiro atoms. The molecule has 0 aliphatic carbocycles. The maximum Gasteiger partial charge on any atom is 0.253 e. The van der Waals surface area contributed by atoms with E-state index in [0.717, 1.165) is 50.5 Å². The summed E-state index contributed by atoms with van der Waals surface area (Å²) in [7, 11) is 1.69. The number of benzene rings is 2. The Balaban J connectivity index is 1.32. The lowest BCUT2D eigenvalue weighted by molar-refractivity contribution is 0.0761. The van der Waals surface area contributed by atoms with Crippen LogP contribution in [0.1, 0.15) is 38.9 Å². The van der Waals surface area contributed by atoms with Crippen molar-refractivity contribution in [2.75, 3.05) is 44.8 Å². The summed E-state index contributed by atoms with van der Waals surface area (Å²) in [5, 5.41) is 0. The van der Waals surface area contributed by atoms with Crippen molar-refractivity contribution in [3.05, 3.63) is 65.2 Å². The molecule has 1 amide bonds. The zero-order chi connectivity index (χ0) is 20.8. The second kappa shape index (κ2) is 10.6. The molecule has 0 bridgehead atoms. The number of ether oxygens (including phenoxy) is 1. The fourth-order valence-electron chi connectivity index (χ4n) is 3.97. The third-order valence-corrected chi connectivity index (χ3v) is 8.71. The summed E-state index contributed by atoms with van der Waals surface area (Å²) in [5.74, 6) is 3.52. The van der Waals surface area contributed by atoms with E-state index in [4.69, 9.17) is 4.74 Å². The van der Waals surface area contributed by atoms with Gasteiger partial charge >= 0.3 is 0 Å². The molecule has 30 heavy (non-hydrogen) atoms. The number of thioether (sulfide) groups is 2. The number of hydrogen-bond acceptors (Lipinski definition) is 5. The standard InChI is InChI=1S/C24H30N2O2S2/c1-28-22-10-4-19(5-11-22)18-25-12-2-13-26(15-14-25)23(27)20-6-8-21(9-7-20)24-29-16-3-17-30-24/h4-11,24H,2-3,12-18H2,1H3. The molecule has 2 aliphatic rings. The van der Waals surface area contributed by atoms with Crippen molar-refractivity contribution in [3.8, 4) is 5.75 Å². The maximum atomic E-state index is 13.1. The Morgan fingerprint density at radius 1 is 0.933 bits per heavy atom. The van der Waals surface area contributed by atoms with Crippen LogP contribution in [-0.2, 0) is 6.54 Å². The van der Waals surface area contributed by atoms with Crippen LogP contribution in [0.15, 0.2) is 48.5 Å². The van der Waals surface area contributed by atoms with Gasteiger partial charge in [0.1, 0.15) is 5.75 Å². The topological polar surface area (TPSA) is 32.8 Å². The van der Waals surface area contributed by atoms with E-state index in [0.29, 0.717) is 4.58 Å². The van der Waals surface area contributed by atoms with Crippen LogP contribution in [0.2, 0.25) is 0 Å². The average molecular weight is 443 g/mol. The molecule has 2 aromatic rings. The summed E-state index contributed by atoms with van der Waals surface area (Å²) in [4.78, 5) is 17.5. The highest BCUT2D eigenvalue weighted by Gasteiger charge is 2.21. The summed E-state index contributed by atoms with van der Waals surface area (Å²) in [6.07, 6.45) is 2.31. The van der Waals surface area contributed by atoms with E-state index in [1.54, 1.807) is 7.11 Å². The van der Waals surface area contributed by atoms with Gasteiger partial charge in [-0.1, -0.05) is 24.3 Å². The second-order valence-electron chi connectivity index (χ2n) is 7.82. The molecule has 0 aromatic heterocycles. The largest absolute Gasteiger partial charge is 0.497 e. The van der Waals surface area contributed by atoms with Crippen molar-refractivity contribution < 1.29 is 9.53 Å². The number of hydrogen-bond donors (Lipinski definition) is 0. The van der Waals surface area contributed by atoms with Gasteiger partial charge in [0, 0.05) is 38.3 Å². The van der Waals surface area contributed by atoms with Crippen molar-refractivity contribution in [2.24, 2.45) is 0 Å². The summed E-state index contributed by atoms with van der Waals surface area (Å²) >= 11 is 4.04. The van der Waals surface area contributed by atoms with Crippen LogP contribution < -0.4 is 4.74 Å². The van der Waals surface area contributed by atoms with Crippen molar-refractivity contribution in [2.45, 2.75) is 24.0 Å². The smallest absolute Gasteiger partial charge is 0.253 e. The molecule has 0 saturated carbocycles. The van der Waals surface area contributed by atoms with E-state index in [-0.39, 0.29) is 5.91 Å². The van der Waals surface area contributed by atoms with Crippen molar-refractivity contribution in [1.29, 1.82) is 0 Å². The number of amides is 1. The van der Waals surface area contributed by atoms with Gasteiger partial charge in [-0.2, -0.15) is 0 Å². The van der Waals surface area contributed by atoms with Gasteiger partial charge < -0.3 is 9.64 Å². The number of rotatable bonds is 5. The first-order chi connectivity index (χ1) is 14.7. The third-order valence-electron chi connectivity index (χ3n) is 5.70. The van der Waals surface area contributed by atoms with Gasteiger partial charge in [-0.05, 0) is 59.7 Å². The molecule has 0 radical (unpaired) electrons. The van der Waals surface area contributed by atoms with Crippen LogP contribution >= 0.6 is 23.5 Å². The summed E-state index contributed by atoms with van der Waals surface area (Å²) in [5.41, 5.74) is 3.43. The predicted octanol–water partition coefficient (Wildman–Crippen LogP) is 4.91. The Kier molecular flexibility index (Phi) is 7.63. The third kappa shape index (κ3) is 5.54. The molecule has 2 heterocycles. The Bertz CT molecular complexity index is 820. The number of nitrogens with zero attached hydrogens (tertiary/aromatic N) is 2. The molecule has 4 rings (SSSR count). The van der Waals surface area contributed by atoms with Gasteiger partial charge in [-0.15, -0.1) is 23.5 Å². The first-order valence-corrected chi connectivity index (χ1v) is 12.8. The highest BCUT2D eigenvalue weighted by molar-refractivity contribution is 8.16. The molecular formula is C24H30N2O2S2. The number of carbonyl (C=O) groups excluding carboxylic acids is 1. The van der Waals surface area contributed by atoms with E-state index in [9.17, 15) is 4.79 Å². The van der Waals surface area contributed by atoms with E-state index in [1.807, 2.05) is 52.7 Å². The SMILES string of the molecule is COc1ccc(CN2CCCN(C(=O)c3ccc(C4SCCCS4)cc3)CC2)cc1. The zero-order valence-corrected chi connectivity index (χ0v) is 19.2. The Morgan fingerprint density at radius 3 is 2.37 bits per heavy atom. The van der Waals surface area contributed by atoms with E-state index in [1.165, 1.54) is 29.1 Å². The lowest BCUT2D eigenvalue weighted by Gasteiger charge is -2.23. The van der Waals surface area contributed by atoms with Crippen LogP contribution in [0.5, 0.6) is 5.75 Å². The van der Waals surface area contributed by atoms with Crippen molar-refractivity contribution in [1.82, 2.24) is 9.80 Å². The first kappa shape index (κ1) is 21.6. The van der Waals surface area contributed by atoms with Crippen LogP contribution in [0.3, 0.4) is 0 Å². The summed E-state index contributed by atoms with van der Waals surface area (Å²) in [6, 6.07) is 16.6. The highest BCUT2D eigenvalue weighted by Crippen LogP contribution is 2.43. The quantitative estimate of drug-likeness (QED) is 0.657. The fraction of sp³-hybridized carbons (Fsp3) is 0.458. The molecule has 6 heteroatoms. The van der Waals surface area contributed by atoms with Gasteiger partial charge in [-0.25, -0.2) is 0 Å². The van der Waals surface area contributed by atoms with Gasteiger partial charge in [0.15, 0.2) is 0 Å². The molecule has 0 atom stereocenters. The normalized spacial score (nSPS) is 18.8. The minimum atomic E-state index is 0.164. The first-order valence-electron chi connectivity index (χ1n) is 10.7. The van der Waals surface area contributed by atoms with Crippen LogP contribution in [-0.4, -0.2) is 60.5 Å². The fourth-order valence-corrected chi connectivity index (χ4v) is 6.86. The molecule has 160 valence electrons. The highest BCUT2D eigenvalue weighted by atomic mass is 32.2. The summed E-state index contributed by atoms with van der Waals surface area (Å²) in [6.45, 7) is 4.45. The Labute approximate surface area is 188 Å². The lowest BCUT2D eigenvalue weighted by atomic mass is 10.1. The molecule has 4 nitrogen and oxygen atoms in total. The van der Waals surface area contributed by atoms with Gasteiger partial charge in [0.2, 0.25) is 0 Å². The molecule has 0 unspecified atom stereocenters. The Morgan fingerprint density at radius 2 is 1.67 bits per heavy atom. The maximum absolute atomic E-state index is 13.1. The average Bonchev–Trinajstić information content (AvgIpc) is 3.05. The van der Waals surface area contributed by atoms with Gasteiger partial charge in [0.05, 0.1) is 11.7 Å². The zero-order valence-electron chi connectivity index (χ0n) is 17.6. The van der Waals surface area contributed by atoms with Gasteiger partial charge in [-0.3, -0.25) is 9.69 Å². The minimum Gasteiger partial charge on any atom is -0.497 e. The summed E-state index contributed by atoms with van der Waals surface area (Å²) < 4.78 is 5.76. The second-order valence-corrected chi connectivity index (χ2v) is 10.5. The number of methoxy groups -OCH3 is 1. The van der Waals surface area contributed by atoms with E-state index in [2.05, 4.69) is 29.2 Å². The minimum absolute atomic E-state index is 0.164. The monoisotopic (exact) mass is 442 g/mol. The molecule has 2 saturated heterocycles. The van der Waals surface area contributed by atoms with Crippen molar-refractivity contribution in [3.63, 3.8) is 0 Å². The predicted molar refractivity (Wildman–Crippen MR) is 128 cm³/mol. The van der Waals surface area contributed by atoms with Crippen LogP contribution in [0.4, 0.5) is 0 Å².